The molecule has 3 nitrogen and oxygen atoms in total. The lowest BCUT2D eigenvalue weighted by molar-refractivity contribution is 0.112. The average molecular weight is 245 g/mol. The highest BCUT2D eigenvalue weighted by Gasteiger charge is 2.16. The fourth-order valence-corrected chi connectivity index (χ4v) is 2.65. The van der Waals surface area contributed by atoms with E-state index in [4.69, 9.17) is 0 Å². The molecule has 17 heavy (non-hydrogen) atoms. The van der Waals surface area contributed by atoms with Gasteiger partial charge in [-0.05, 0) is 30.3 Å². The SMILES string of the molecule is O=Cc1ccc(S(=O)(=O)c2c[c]ccc2)cc1. The van der Waals surface area contributed by atoms with Crippen LogP contribution in [-0.4, -0.2) is 14.7 Å². The van der Waals surface area contributed by atoms with Gasteiger partial charge in [-0.2, -0.15) is 0 Å². The van der Waals surface area contributed by atoms with Crippen molar-refractivity contribution in [3.05, 3.63) is 60.2 Å². The molecule has 4 heteroatoms. The van der Waals surface area contributed by atoms with E-state index in [-0.39, 0.29) is 9.79 Å². The van der Waals surface area contributed by atoms with Crippen molar-refractivity contribution in [2.45, 2.75) is 9.79 Å². The molecule has 2 aromatic rings. The molecule has 0 amide bonds. The molecule has 0 aliphatic rings. The molecule has 0 unspecified atom stereocenters. The van der Waals surface area contributed by atoms with Crippen molar-refractivity contribution in [1.82, 2.24) is 0 Å². The van der Waals surface area contributed by atoms with Crippen molar-refractivity contribution in [1.29, 1.82) is 0 Å². The average Bonchev–Trinajstić information content (AvgIpc) is 2.40. The fraction of sp³-hybridized carbons (Fsp3) is 0. The Bertz CT molecular complexity index is 613. The zero-order valence-electron chi connectivity index (χ0n) is 8.83. The van der Waals surface area contributed by atoms with Crippen LogP contribution in [0.15, 0.2) is 58.3 Å². The molecular weight excluding hydrogens is 236 g/mol. The van der Waals surface area contributed by atoms with Crippen molar-refractivity contribution in [2.24, 2.45) is 0 Å². The minimum Gasteiger partial charge on any atom is -0.298 e. The van der Waals surface area contributed by atoms with Crippen molar-refractivity contribution in [3.63, 3.8) is 0 Å². The van der Waals surface area contributed by atoms with Crippen LogP contribution in [0.2, 0.25) is 0 Å². The van der Waals surface area contributed by atoms with E-state index in [9.17, 15) is 13.2 Å². The summed E-state index contributed by atoms with van der Waals surface area (Å²) in [4.78, 5) is 10.8. The Morgan fingerprint density at radius 1 is 1.00 bits per heavy atom. The van der Waals surface area contributed by atoms with Crippen LogP contribution >= 0.6 is 0 Å². The number of aldehydes is 1. The van der Waals surface area contributed by atoms with E-state index in [0.29, 0.717) is 11.8 Å². The Hall–Kier alpha value is -1.94. The van der Waals surface area contributed by atoms with Crippen LogP contribution < -0.4 is 0 Å². The number of hydrogen-bond acceptors (Lipinski definition) is 3. The molecule has 0 heterocycles. The van der Waals surface area contributed by atoms with Gasteiger partial charge < -0.3 is 0 Å². The van der Waals surface area contributed by atoms with Gasteiger partial charge in [0.15, 0.2) is 0 Å². The molecule has 0 spiro atoms. The lowest BCUT2D eigenvalue weighted by atomic mass is 10.2. The van der Waals surface area contributed by atoms with Gasteiger partial charge >= 0.3 is 0 Å². The van der Waals surface area contributed by atoms with Gasteiger partial charge in [0.05, 0.1) is 9.79 Å². The second-order valence-corrected chi connectivity index (χ2v) is 5.38. The summed E-state index contributed by atoms with van der Waals surface area (Å²) < 4.78 is 24.3. The van der Waals surface area contributed by atoms with Gasteiger partial charge in [-0.25, -0.2) is 8.42 Å². The highest BCUT2D eigenvalue weighted by atomic mass is 32.2. The van der Waals surface area contributed by atoms with E-state index in [0.717, 1.165) is 0 Å². The van der Waals surface area contributed by atoms with Crippen LogP contribution in [0, 0.1) is 6.07 Å². The first kappa shape index (κ1) is 11.5. The van der Waals surface area contributed by atoms with Crippen LogP contribution in [0.3, 0.4) is 0 Å². The van der Waals surface area contributed by atoms with E-state index >= 15 is 0 Å². The normalized spacial score (nSPS) is 11.1. The third kappa shape index (κ3) is 2.26. The molecule has 0 fully saturated rings. The summed E-state index contributed by atoms with van der Waals surface area (Å²) in [6, 6.07) is 14.7. The number of carbonyl (C=O) groups excluding carboxylic acids is 1. The molecule has 0 saturated carbocycles. The standard InChI is InChI=1S/C13H9O3S/c14-10-11-6-8-13(9-7-11)17(15,16)12-4-2-1-3-5-12/h1-2,4-10H. The molecule has 2 rings (SSSR count). The molecule has 0 saturated heterocycles. The number of sulfone groups is 1. The Kier molecular flexibility index (Phi) is 3.06. The van der Waals surface area contributed by atoms with Gasteiger partial charge in [0.2, 0.25) is 9.84 Å². The summed E-state index contributed by atoms with van der Waals surface area (Å²) >= 11 is 0. The maximum absolute atomic E-state index is 12.1. The van der Waals surface area contributed by atoms with Gasteiger partial charge in [0, 0.05) is 5.56 Å². The van der Waals surface area contributed by atoms with E-state index in [1.165, 1.54) is 36.4 Å². The third-order valence-electron chi connectivity index (χ3n) is 2.32. The van der Waals surface area contributed by atoms with Crippen LogP contribution in [0.5, 0.6) is 0 Å². The zero-order chi connectivity index (χ0) is 12.3. The summed E-state index contributed by atoms with van der Waals surface area (Å²) in [5.41, 5.74) is 0.448. The van der Waals surface area contributed by atoms with E-state index < -0.39 is 9.84 Å². The van der Waals surface area contributed by atoms with Gasteiger partial charge in [0.1, 0.15) is 6.29 Å². The van der Waals surface area contributed by atoms with Crippen molar-refractivity contribution in [3.8, 4) is 0 Å². The molecule has 0 aliphatic heterocycles. The first-order valence-corrected chi connectivity index (χ1v) is 6.39. The highest BCUT2D eigenvalue weighted by molar-refractivity contribution is 7.91. The fourth-order valence-electron chi connectivity index (χ4n) is 1.41. The Morgan fingerprint density at radius 2 is 1.71 bits per heavy atom. The number of carbonyl (C=O) groups is 1. The second-order valence-electron chi connectivity index (χ2n) is 3.43. The van der Waals surface area contributed by atoms with Crippen LogP contribution in [0.4, 0.5) is 0 Å². The van der Waals surface area contributed by atoms with Gasteiger partial charge in [0.25, 0.3) is 0 Å². The second kappa shape index (κ2) is 4.51. The zero-order valence-corrected chi connectivity index (χ0v) is 9.65. The monoisotopic (exact) mass is 245 g/mol. The largest absolute Gasteiger partial charge is 0.298 e. The van der Waals surface area contributed by atoms with Gasteiger partial charge in [-0.15, -0.1) is 0 Å². The maximum Gasteiger partial charge on any atom is 0.206 e. The van der Waals surface area contributed by atoms with E-state index in [2.05, 4.69) is 6.07 Å². The predicted molar refractivity (Wildman–Crippen MR) is 62.6 cm³/mol. The Balaban J connectivity index is 2.49. The minimum absolute atomic E-state index is 0.169. The topological polar surface area (TPSA) is 51.2 Å². The van der Waals surface area contributed by atoms with Gasteiger partial charge in [-0.3, -0.25) is 4.79 Å². The number of hydrogen-bond donors (Lipinski definition) is 0. The molecule has 0 aromatic heterocycles. The smallest absolute Gasteiger partial charge is 0.206 e. The third-order valence-corrected chi connectivity index (χ3v) is 4.08. The van der Waals surface area contributed by atoms with Crippen molar-refractivity contribution >= 4 is 16.1 Å². The Labute approximate surface area is 99.6 Å². The minimum atomic E-state index is -3.51. The number of rotatable bonds is 3. The first-order valence-electron chi connectivity index (χ1n) is 4.91. The first-order chi connectivity index (χ1) is 8.14. The van der Waals surface area contributed by atoms with E-state index in [1.54, 1.807) is 12.1 Å². The van der Waals surface area contributed by atoms with Crippen LogP contribution in [0.1, 0.15) is 10.4 Å². The van der Waals surface area contributed by atoms with Crippen molar-refractivity contribution in [2.75, 3.05) is 0 Å². The van der Waals surface area contributed by atoms with Crippen LogP contribution in [0.25, 0.3) is 0 Å². The van der Waals surface area contributed by atoms with E-state index in [1.807, 2.05) is 0 Å². The lowest BCUT2D eigenvalue weighted by Crippen LogP contribution is -2.01. The molecular formula is C13H9O3S. The number of benzene rings is 2. The predicted octanol–water partition coefficient (Wildman–Crippen LogP) is 2.13. The Morgan fingerprint density at radius 3 is 2.24 bits per heavy atom. The summed E-state index contributed by atoms with van der Waals surface area (Å²) in [5.74, 6) is 0. The molecule has 2 aromatic carbocycles. The molecule has 0 atom stereocenters. The molecule has 0 bridgehead atoms. The lowest BCUT2D eigenvalue weighted by Gasteiger charge is -2.03. The van der Waals surface area contributed by atoms with Crippen molar-refractivity contribution < 1.29 is 13.2 Å². The maximum atomic E-state index is 12.1. The van der Waals surface area contributed by atoms with Crippen LogP contribution in [-0.2, 0) is 9.84 Å². The summed E-state index contributed by atoms with van der Waals surface area (Å²) in [6.45, 7) is 0. The molecule has 1 radical (unpaired) electrons. The summed E-state index contributed by atoms with van der Waals surface area (Å²) in [5, 5.41) is 0. The molecule has 85 valence electrons. The summed E-state index contributed by atoms with van der Waals surface area (Å²) in [7, 11) is -3.51. The van der Waals surface area contributed by atoms with Gasteiger partial charge in [-0.1, -0.05) is 24.3 Å². The molecule has 0 aliphatic carbocycles. The quantitative estimate of drug-likeness (QED) is 0.778. The summed E-state index contributed by atoms with van der Waals surface area (Å²) in [6.07, 6.45) is 0.673. The molecule has 0 N–H and O–H groups in total. The highest BCUT2D eigenvalue weighted by Crippen LogP contribution is 2.20.